The Bertz CT molecular complexity index is 1060. The van der Waals surface area contributed by atoms with Crippen LogP contribution in [0.3, 0.4) is 0 Å². The molecule has 0 saturated carbocycles. The first-order valence-corrected chi connectivity index (χ1v) is 12.0. The molecule has 0 radical (unpaired) electrons. The Morgan fingerprint density at radius 3 is 1.55 bits per heavy atom. The second kappa shape index (κ2) is 11.3. The van der Waals surface area contributed by atoms with E-state index < -0.39 is 12.2 Å². The largest absolute Gasteiger partial charge is 0.387 e. The molecule has 4 rings (SSSR count). The van der Waals surface area contributed by atoms with Crippen LogP contribution in [-0.2, 0) is 12.8 Å². The summed E-state index contributed by atoms with van der Waals surface area (Å²) >= 11 is 3.03. The number of hydrogen-bond donors (Lipinski definition) is 2. The van der Waals surface area contributed by atoms with Crippen LogP contribution in [-0.4, -0.2) is 20.2 Å². The van der Waals surface area contributed by atoms with Gasteiger partial charge in [0.25, 0.3) is 0 Å². The van der Waals surface area contributed by atoms with Gasteiger partial charge in [-0.05, 0) is 31.9 Å². The zero-order valence-corrected chi connectivity index (χ0v) is 19.7. The number of rotatable bonds is 6. The molecule has 6 heteroatoms. The topological polar surface area (TPSA) is 66.2 Å². The molecule has 2 N–H and O–H groups in total. The van der Waals surface area contributed by atoms with Crippen LogP contribution >= 0.6 is 22.7 Å². The molecule has 0 aliphatic rings. The number of benzene rings is 2. The van der Waals surface area contributed by atoms with Crippen molar-refractivity contribution in [2.45, 2.75) is 45.8 Å². The number of nitrogens with zero attached hydrogens (tertiary/aromatic N) is 2. The molecule has 2 unspecified atom stereocenters. The maximum Gasteiger partial charge on any atom is 0.0940 e. The molecule has 0 saturated heterocycles. The number of aliphatic hydroxyl groups is 2. The first-order valence-electron chi connectivity index (χ1n) is 10.2. The highest BCUT2D eigenvalue weighted by Gasteiger charge is 2.14. The SMILES string of the molecule is Cc1ccc(CC(O)c2scnc2C)cc1.Cc1ncsc1C(O)Cc1ccccc1. The van der Waals surface area contributed by atoms with Crippen molar-refractivity contribution in [3.05, 3.63) is 103 Å². The minimum atomic E-state index is -0.435. The highest BCUT2D eigenvalue weighted by molar-refractivity contribution is 7.10. The third-order valence-electron chi connectivity index (χ3n) is 4.99. The molecule has 4 nitrogen and oxygen atoms in total. The van der Waals surface area contributed by atoms with Gasteiger partial charge < -0.3 is 10.2 Å². The van der Waals surface area contributed by atoms with Crippen LogP contribution < -0.4 is 0 Å². The maximum absolute atomic E-state index is 10.1. The van der Waals surface area contributed by atoms with Gasteiger partial charge in [-0.3, -0.25) is 0 Å². The molecule has 4 aromatic rings. The lowest BCUT2D eigenvalue weighted by Gasteiger charge is -2.09. The van der Waals surface area contributed by atoms with E-state index in [1.165, 1.54) is 28.2 Å². The summed E-state index contributed by atoms with van der Waals surface area (Å²) in [5, 5.41) is 20.1. The van der Waals surface area contributed by atoms with Crippen molar-refractivity contribution in [2.75, 3.05) is 0 Å². The number of hydrogen-bond acceptors (Lipinski definition) is 6. The molecule has 162 valence electrons. The predicted octanol–water partition coefficient (Wildman–Crippen LogP) is 5.76. The Labute approximate surface area is 191 Å². The second-order valence-corrected chi connectivity index (χ2v) is 9.29. The van der Waals surface area contributed by atoms with Crippen LogP contribution in [0.25, 0.3) is 0 Å². The molecule has 0 fully saturated rings. The fourth-order valence-corrected chi connectivity index (χ4v) is 4.81. The highest BCUT2D eigenvalue weighted by Crippen LogP contribution is 2.25. The van der Waals surface area contributed by atoms with Gasteiger partial charge in [0.15, 0.2) is 0 Å². The van der Waals surface area contributed by atoms with Gasteiger partial charge in [0.05, 0.1) is 44.4 Å². The fourth-order valence-electron chi connectivity index (χ4n) is 3.23. The van der Waals surface area contributed by atoms with Gasteiger partial charge in [-0.1, -0.05) is 60.2 Å². The van der Waals surface area contributed by atoms with E-state index in [-0.39, 0.29) is 0 Å². The zero-order valence-electron chi connectivity index (χ0n) is 18.0. The molecule has 0 bridgehead atoms. The molecule has 2 heterocycles. The monoisotopic (exact) mass is 452 g/mol. The summed E-state index contributed by atoms with van der Waals surface area (Å²) in [4.78, 5) is 10.2. The first-order chi connectivity index (χ1) is 14.9. The molecule has 2 atom stereocenters. The van der Waals surface area contributed by atoms with Crippen molar-refractivity contribution < 1.29 is 10.2 Å². The standard InChI is InChI=1S/C13H15NOS.C12H13NOS/c1-9-3-5-11(6-4-9)7-12(15)13-10(2)14-8-16-13;1-9-12(15-8-13-9)11(14)7-10-5-3-2-4-6-10/h3-6,8,12,15H,7H2,1-2H3;2-6,8,11,14H,7H2,1H3. The van der Waals surface area contributed by atoms with Crippen LogP contribution in [0.1, 0.15) is 50.0 Å². The molecule has 0 spiro atoms. The van der Waals surface area contributed by atoms with Crippen molar-refractivity contribution in [1.82, 2.24) is 9.97 Å². The van der Waals surface area contributed by atoms with Crippen molar-refractivity contribution in [2.24, 2.45) is 0 Å². The lowest BCUT2D eigenvalue weighted by Crippen LogP contribution is -2.01. The molecular weight excluding hydrogens is 424 g/mol. The summed E-state index contributed by atoms with van der Waals surface area (Å²) in [5.41, 5.74) is 8.98. The third kappa shape index (κ3) is 6.80. The Kier molecular flexibility index (Phi) is 8.49. The van der Waals surface area contributed by atoms with E-state index in [1.54, 1.807) is 11.0 Å². The minimum Gasteiger partial charge on any atom is -0.387 e. The molecule has 2 aromatic carbocycles. The van der Waals surface area contributed by atoms with E-state index in [1.807, 2.05) is 44.2 Å². The van der Waals surface area contributed by atoms with E-state index in [9.17, 15) is 10.2 Å². The van der Waals surface area contributed by atoms with Crippen LogP contribution in [0.2, 0.25) is 0 Å². The van der Waals surface area contributed by atoms with Crippen molar-refractivity contribution in [1.29, 1.82) is 0 Å². The molecule has 0 aliphatic heterocycles. The second-order valence-electron chi connectivity index (χ2n) is 7.52. The van der Waals surface area contributed by atoms with Gasteiger partial charge in [-0.25, -0.2) is 9.97 Å². The third-order valence-corrected chi connectivity index (χ3v) is 7.06. The van der Waals surface area contributed by atoms with Crippen LogP contribution in [0.15, 0.2) is 65.6 Å². The summed E-state index contributed by atoms with van der Waals surface area (Å²) < 4.78 is 0. The summed E-state index contributed by atoms with van der Waals surface area (Å²) in [6.45, 7) is 5.93. The Hall–Kier alpha value is -2.38. The Morgan fingerprint density at radius 2 is 1.13 bits per heavy atom. The number of aryl methyl sites for hydroxylation is 3. The van der Waals surface area contributed by atoms with Gasteiger partial charge >= 0.3 is 0 Å². The zero-order chi connectivity index (χ0) is 22.2. The highest BCUT2D eigenvalue weighted by atomic mass is 32.1. The predicted molar refractivity (Wildman–Crippen MR) is 129 cm³/mol. The number of aliphatic hydroxyl groups excluding tert-OH is 2. The average Bonchev–Trinajstić information content (AvgIpc) is 3.39. The van der Waals surface area contributed by atoms with Gasteiger partial charge in [0.2, 0.25) is 0 Å². The molecule has 0 aliphatic carbocycles. The number of aromatic nitrogens is 2. The molecule has 31 heavy (non-hydrogen) atoms. The Balaban J connectivity index is 0.000000176. The van der Waals surface area contributed by atoms with Crippen molar-refractivity contribution in [3.63, 3.8) is 0 Å². The van der Waals surface area contributed by atoms with Gasteiger partial charge in [0, 0.05) is 12.8 Å². The quantitative estimate of drug-likeness (QED) is 0.390. The fraction of sp³-hybridized carbons (Fsp3) is 0.280. The first kappa shape index (κ1) is 23.3. The van der Waals surface area contributed by atoms with E-state index in [2.05, 4.69) is 41.2 Å². The van der Waals surface area contributed by atoms with Gasteiger partial charge in [-0.15, -0.1) is 22.7 Å². The normalized spacial score (nSPS) is 12.7. The van der Waals surface area contributed by atoms with Crippen LogP contribution in [0.5, 0.6) is 0 Å². The Morgan fingerprint density at radius 1 is 0.677 bits per heavy atom. The summed E-state index contributed by atoms with van der Waals surface area (Å²) in [6.07, 6.45) is 0.447. The smallest absolute Gasteiger partial charge is 0.0940 e. The molecular formula is C25H28N2O2S2. The van der Waals surface area contributed by atoms with E-state index in [0.717, 1.165) is 32.3 Å². The lowest BCUT2D eigenvalue weighted by atomic mass is 10.0. The number of thiazole rings is 2. The van der Waals surface area contributed by atoms with E-state index in [0.29, 0.717) is 12.8 Å². The van der Waals surface area contributed by atoms with Gasteiger partial charge in [-0.2, -0.15) is 0 Å². The summed E-state index contributed by atoms with van der Waals surface area (Å²) in [7, 11) is 0. The van der Waals surface area contributed by atoms with E-state index >= 15 is 0 Å². The summed E-state index contributed by atoms with van der Waals surface area (Å²) in [5.74, 6) is 0. The lowest BCUT2D eigenvalue weighted by molar-refractivity contribution is 0.181. The maximum atomic E-state index is 10.1. The van der Waals surface area contributed by atoms with Gasteiger partial charge in [0.1, 0.15) is 0 Å². The molecule has 2 aromatic heterocycles. The van der Waals surface area contributed by atoms with Crippen molar-refractivity contribution >= 4 is 22.7 Å². The van der Waals surface area contributed by atoms with Crippen molar-refractivity contribution in [3.8, 4) is 0 Å². The minimum absolute atomic E-state index is 0.431. The average molecular weight is 453 g/mol. The summed E-state index contributed by atoms with van der Waals surface area (Å²) in [6, 6.07) is 18.3. The molecule has 0 amide bonds. The van der Waals surface area contributed by atoms with Crippen LogP contribution in [0.4, 0.5) is 0 Å². The van der Waals surface area contributed by atoms with Crippen LogP contribution in [0, 0.1) is 20.8 Å². The van der Waals surface area contributed by atoms with E-state index in [4.69, 9.17) is 0 Å².